The maximum atomic E-state index is 12.3. The van der Waals surface area contributed by atoms with E-state index in [1.54, 1.807) is 34.6 Å². The Morgan fingerprint density at radius 3 is 2.04 bits per heavy atom. The number of nitrogens with zero attached hydrogens (tertiary/aromatic N) is 1. The molecule has 2 unspecified atom stereocenters. The van der Waals surface area contributed by atoms with Gasteiger partial charge in [0.15, 0.2) is 0 Å². The molecular weight excluding hydrogens is 337 g/mol. The van der Waals surface area contributed by atoms with Crippen LogP contribution >= 0.6 is 7.60 Å². The first kappa shape index (κ1) is 20.9. The summed E-state index contributed by atoms with van der Waals surface area (Å²) in [5.74, 6) is -1.81. The van der Waals surface area contributed by atoms with Gasteiger partial charge in [0.05, 0.1) is 5.16 Å². The Bertz CT molecular complexity index is 532. The van der Waals surface area contributed by atoms with Gasteiger partial charge < -0.3 is 19.6 Å². The molecular formula is C15H28NO7P. The highest BCUT2D eigenvalue weighted by Crippen LogP contribution is 2.60. The molecule has 1 rings (SSSR count). The molecule has 1 aliphatic heterocycles. The molecule has 0 aromatic heterocycles. The first-order chi connectivity index (χ1) is 10.8. The van der Waals surface area contributed by atoms with Gasteiger partial charge in [-0.3, -0.25) is 9.46 Å². The Labute approximate surface area is 142 Å². The van der Waals surface area contributed by atoms with Crippen molar-refractivity contribution < 1.29 is 33.8 Å². The minimum absolute atomic E-state index is 0.00136. The molecule has 9 heteroatoms. The summed E-state index contributed by atoms with van der Waals surface area (Å²) >= 11 is 0. The molecule has 24 heavy (non-hydrogen) atoms. The lowest BCUT2D eigenvalue weighted by atomic mass is 9.85. The lowest BCUT2D eigenvalue weighted by molar-refractivity contribution is -0.142. The Hall–Kier alpha value is -1.11. The predicted molar refractivity (Wildman–Crippen MR) is 87.8 cm³/mol. The highest BCUT2D eigenvalue weighted by Gasteiger charge is 2.56. The van der Waals surface area contributed by atoms with E-state index in [1.165, 1.54) is 0 Å². The Morgan fingerprint density at radius 1 is 1.21 bits per heavy atom. The summed E-state index contributed by atoms with van der Waals surface area (Å²) in [4.78, 5) is 44.6. The molecule has 1 saturated heterocycles. The average molecular weight is 365 g/mol. The van der Waals surface area contributed by atoms with Crippen LogP contribution in [0.2, 0.25) is 0 Å². The fraction of sp³-hybridized carbons (Fsp3) is 0.867. The van der Waals surface area contributed by atoms with Crippen molar-refractivity contribution in [2.45, 2.75) is 70.7 Å². The Morgan fingerprint density at radius 2 is 1.71 bits per heavy atom. The van der Waals surface area contributed by atoms with Gasteiger partial charge in [0.1, 0.15) is 11.6 Å². The number of aliphatic carboxylic acids is 1. The van der Waals surface area contributed by atoms with E-state index in [1.807, 2.05) is 0 Å². The van der Waals surface area contributed by atoms with Crippen LogP contribution in [0.3, 0.4) is 0 Å². The van der Waals surface area contributed by atoms with E-state index in [4.69, 9.17) is 4.74 Å². The van der Waals surface area contributed by atoms with Gasteiger partial charge in [0, 0.05) is 6.54 Å². The van der Waals surface area contributed by atoms with E-state index < -0.39 is 42.4 Å². The van der Waals surface area contributed by atoms with Gasteiger partial charge in [0.2, 0.25) is 0 Å². The molecule has 0 bridgehead atoms. The number of hydrogen-bond donors (Lipinski definition) is 3. The number of hydrogen-bond acceptors (Lipinski definition) is 4. The molecule has 0 spiro atoms. The Kier molecular flexibility index (Phi) is 6.12. The van der Waals surface area contributed by atoms with E-state index in [9.17, 15) is 29.0 Å². The molecule has 3 N–H and O–H groups in total. The molecule has 1 aliphatic rings. The number of likely N-dealkylation sites (tertiary alicyclic amines) is 1. The number of rotatable bonds is 5. The van der Waals surface area contributed by atoms with E-state index in [2.05, 4.69) is 0 Å². The van der Waals surface area contributed by atoms with Crippen molar-refractivity contribution in [2.24, 2.45) is 5.92 Å². The van der Waals surface area contributed by atoms with Gasteiger partial charge in [-0.15, -0.1) is 0 Å². The maximum absolute atomic E-state index is 12.3. The Balaban J connectivity index is 3.17. The van der Waals surface area contributed by atoms with Crippen LogP contribution in [0.15, 0.2) is 0 Å². The van der Waals surface area contributed by atoms with Crippen LogP contribution in [0.4, 0.5) is 4.79 Å². The summed E-state index contributed by atoms with van der Waals surface area (Å²) < 4.78 is 17.3. The highest BCUT2D eigenvalue weighted by atomic mass is 31.2. The van der Waals surface area contributed by atoms with Crippen molar-refractivity contribution in [3.05, 3.63) is 0 Å². The second kappa shape index (κ2) is 7.02. The predicted octanol–water partition coefficient (Wildman–Crippen LogP) is 2.43. The van der Waals surface area contributed by atoms with Crippen molar-refractivity contribution >= 4 is 19.7 Å². The van der Waals surface area contributed by atoms with Crippen LogP contribution < -0.4 is 0 Å². The monoisotopic (exact) mass is 365 g/mol. The number of carboxylic acid groups (broad SMARTS) is 1. The first-order valence-electron chi connectivity index (χ1n) is 8.07. The van der Waals surface area contributed by atoms with Crippen molar-refractivity contribution in [3.8, 4) is 0 Å². The molecule has 0 saturated carbocycles. The second-order valence-electron chi connectivity index (χ2n) is 7.27. The summed E-state index contributed by atoms with van der Waals surface area (Å²) in [6.45, 7) is 8.33. The molecule has 0 radical (unpaired) electrons. The van der Waals surface area contributed by atoms with E-state index >= 15 is 0 Å². The lowest BCUT2D eigenvalue weighted by Gasteiger charge is -2.37. The summed E-state index contributed by atoms with van der Waals surface area (Å²) in [6.07, 6.45) is -0.370. The van der Waals surface area contributed by atoms with Crippen LogP contribution in [0.1, 0.15) is 53.9 Å². The third-order valence-corrected chi connectivity index (χ3v) is 6.94. The third kappa shape index (κ3) is 4.10. The number of carbonyl (C=O) groups excluding carboxylic acids is 1. The quantitative estimate of drug-likeness (QED) is 0.639. The largest absolute Gasteiger partial charge is 0.480 e. The zero-order valence-corrected chi connectivity index (χ0v) is 15.7. The zero-order chi connectivity index (χ0) is 18.9. The van der Waals surface area contributed by atoms with Gasteiger partial charge in [-0.25, -0.2) is 9.59 Å². The molecule has 0 aromatic rings. The molecule has 0 aromatic carbocycles. The standard InChI is InChI=1S/C15H28NO7P/c1-6-15(7-2,24(20,21)22)10-8-11(12(17)18)16(9-10)13(19)23-14(3,4)5/h10-11H,6-9H2,1-5H3,(H,17,18)(H2,20,21,22). The van der Waals surface area contributed by atoms with Crippen LogP contribution in [0.5, 0.6) is 0 Å². The van der Waals surface area contributed by atoms with Crippen molar-refractivity contribution in [1.82, 2.24) is 4.90 Å². The number of carbonyl (C=O) groups is 2. The SMILES string of the molecule is CCC(CC)(C1CC(C(=O)O)N(C(=O)OC(C)(C)C)C1)P(=O)(O)O. The zero-order valence-electron chi connectivity index (χ0n) is 14.9. The molecule has 8 nitrogen and oxygen atoms in total. The van der Waals surface area contributed by atoms with Gasteiger partial charge in [-0.1, -0.05) is 13.8 Å². The third-order valence-electron chi connectivity index (χ3n) is 4.78. The van der Waals surface area contributed by atoms with Crippen molar-refractivity contribution in [2.75, 3.05) is 6.54 Å². The van der Waals surface area contributed by atoms with Gasteiger partial charge in [0.25, 0.3) is 0 Å². The summed E-state index contributed by atoms with van der Waals surface area (Å²) in [5.41, 5.74) is -0.784. The highest BCUT2D eigenvalue weighted by molar-refractivity contribution is 7.53. The van der Waals surface area contributed by atoms with Crippen LogP contribution in [-0.4, -0.2) is 55.2 Å². The van der Waals surface area contributed by atoms with Crippen LogP contribution in [0.25, 0.3) is 0 Å². The second-order valence-corrected chi connectivity index (χ2v) is 9.25. The number of ether oxygens (including phenoxy) is 1. The van der Waals surface area contributed by atoms with E-state index in [0.29, 0.717) is 0 Å². The number of carboxylic acids is 1. The number of amides is 1. The molecule has 1 amide bonds. The van der Waals surface area contributed by atoms with Gasteiger partial charge in [-0.05, 0) is 46.0 Å². The van der Waals surface area contributed by atoms with Crippen LogP contribution in [0, 0.1) is 5.92 Å². The maximum Gasteiger partial charge on any atom is 0.411 e. The lowest BCUT2D eigenvalue weighted by Crippen LogP contribution is -2.44. The molecule has 0 aliphatic carbocycles. The van der Waals surface area contributed by atoms with E-state index in [-0.39, 0.29) is 25.8 Å². The average Bonchev–Trinajstić information content (AvgIpc) is 2.83. The van der Waals surface area contributed by atoms with Crippen molar-refractivity contribution in [1.29, 1.82) is 0 Å². The summed E-state index contributed by atoms with van der Waals surface area (Å²) in [7, 11) is -4.48. The molecule has 1 fully saturated rings. The van der Waals surface area contributed by atoms with Crippen molar-refractivity contribution in [3.63, 3.8) is 0 Å². The first-order valence-corrected chi connectivity index (χ1v) is 9.68. The minimum atomic E-state index is -4.48. The smallest absolute Gasteiger partial charge is 0.411 e. The van der Waals surface area contributed by atoms with Gasteiger partial charge in [-0.2, -0.15) is 0 Å². The minimum Gasteiger partial charge on any atom is -0.480 e. The molecule has 140 valence electrons. The van der Waals surface area contributed by atoms with Gasteiger partial charge >= 0.3 is 19.7 Å². The van der Waals surface area contributed by atoms with E-state index in [0.717, 1.165) is 4.90 Å². The normalized spacial score (nSPS) is 22.5. The fourth-order valence-corrected chi connectivity index (χ4v) is 4.95. The topological polar surface area (TPSA) is 124 Å². The summed E-state index contributed by atoms with van der Waals surface area (Å²) in [6, 6.07) is -1.14. The molecule has 2 atom stereocenters. The fourth-order valence-electron chi connectivity index (χ4n) is 3.46. The van der Waals surface area contributed by atoms with Crippen LogP contribution in [-0.2, 0) is 14.1 Å². The summed E-state index contributed by atoms with van der Waals surface area (Å²) in [5, 5.41) is 8.08. The molecule has 1 heterocycles.